The van der Waals surface area contributed by atoms with Crippen molar-refractivity contribution >= 4 is 13.8 Å². The van der Waals surface area contributed by atoms with Crippen molar-refractivity contribution in [1.82, 2.24) is 0 Å². The Morgan fingerprint density at radius 1 is 0.952 bits per heavy atom. The van der Waals surface area contributed by atoms with Gasteiger partial charge in [0.1, 0.15) is 0 Å². The highest BCUT2D eigenvalue weighted by atomic mass is 28.3. The second-order valence-electron chi connectivity index (χ2n) is 7.16. The van der Waals surface area contributed by atoms with Gasteiger partial charge in [-0.05, 0) is 30.0 Å². The topological polar surface area (TPSA) is 3.24 Å². The molecule has 21 heavy (non-hydrogen) atoms. The molecule has 1 aliphatic heterocycles. The lowest BCUT2D eigenvalue weighted by molar-refractivity contribution is 0.626. The van der Waals surface area contributed by atoms with Gasteiger partial charge in [-0.3, -0.25) is 0 Å². The summed E-state index contributed by atoms with van der Waals surface area (Å²) in [5.74, 6) is 0. The zero-order chi connectivity index (χ0) is 14.9. The van der Waals surface area contributed by atoms with E-state index in [1.807, 2.05) is 0 Å². The molecular weight excluding hydrogens is 270 g/mol. The average Bonchev–Trinajstić information content (AvgIpc) is 2.47. The molecule has 0 radical (unpaired) electrons. The summed E-state index contributed by atoms with van der Waals surface area (Å²) in [6.45, 7) is 8.55. The molecule has 0 saturated carbocycles. The van der Waals surface area contributed by atoms with E-state index in [4.69, 9.17) is 0 Å². The van der Waals surface area contributed by atoms with Crippen LogP contribution in [0.3, 0.4) is 0 Å². The molecule has 1 aliphatic rings. The summed E-state index contributed by atoms with van der Waals surface area (Å²) in [5, 5.41) is 0. The van der Waals surface area contributed by atoms with Crippen LogP contribution in [0.5, 0.6) is 0 Å². The number of hydrogen-bond acceptors (Lipinski definition) is 1. The molecule has 0 amide bonds. The summed E-state index contributed by atoms with van der Waals surface area (Å²) >= 11 is 0. The molecule has 0 aliphatic carbocycles. The third-order valence-electron chi connectivity index (χ3n) is 4.56. The summed E-state index contributed by atoms with van der Waals surface area (Å²) in [5.41, 5.74) is 5.12. The van der Waals surface area contributed by atoms with Crippen LogP contribution in [0.2, 0.25) is 19.6 Å². The number of anilines is 1. The highest BCUT2D eigenvalue weighted by Gasteiger charge is 2.35. The van der Waals surface area contributed by atoms with Crippen LogP contribution >= 0.6 is 0 Å². The van der Waals surface area contributed by atoms with Crippen LogP contribution in [0.15, 0.2) is 54.6 Å². The van der Waals surface area contributed by atoms with E-state index < -0.39 is 8.07 Å². The zero-order valence-electron chi connectivity index (χ0n) is 13.3. The van der Waals surface area contributed by atoms with Crippen molar-refractivity contribution < 1.29 is 0 Å². The van der Waals surface area contributed by atoms with Crippen LogP contribution in [-0.2, 0) is 13.0 Å². The van der Waals surface area contributed by atoms with Gasteiger partial charge in [-0.1, -0.05) is 68.2 Å². The number of hydrogen-bond donors (Lipinski definition) is 0. The van der Waals surface area contributed by atoms with E-state index in [9.17, 15) is 0 Å². The molecule has 2 aromatic carbocycles. The van der Waals surface area contributed by atoms with Gasteiger partial charge in [-0.25, -0.2) is 0 Å². The van der Waals surface area contributed by atoms with Crippen LogP contribution in [0.4, 0.5) is 5.69 Å². The molecule has 2 aromatic rings. The van der Waals surface area contributed by atoms with Crippen molar-refractivity contribution in [3.63, 3.8) is 0 Å². The number of rotatable bonds is 3. The lowest BCUT2D eigenvalue weighted by Crippen LogP contribution is -2.53. The fourth-order valence-corrected chi connectivity index (χ4v) is 5.67. The predicted octanol–water partition coefficient (Wildman–Crippen LogP) is 4.89. The van der Waals surface area contributed by atoms with Crippen molar-refractivity contribution in [2.75, 3.05) is 4.90 Å². The first-order chi connectivity index (χ1) is 10.1. The Labute approximate surface area is 129 Å². The number of aryl methyl sites for hydroxylation is 1. The molecule has 0 spiro atoms. The second-order valence-corrected chi connectivity index (χ2v) is 12.6. The monoisotopic (exact) mass is 295 g/mol. The maximum atomic E-state index is 2.68. The standard InChI is InChI=1S/C19H25NSi/c1-21(2,3)19-14-13-17-11-7-8-12-18(17)20(19)15-16-9-5-4-6-10-16/h4-12,19H,13-15H2,1-3H3. The molecule has 0 N–H and O–H groups in total. The third-order valence-corrected chi connectivity index (χ3v) is 7.16. The van der Waals surface area contributed by atoms with Crippen molar-refractivity contribution in [1.29, 1.82) is 0 Å². The molecule has 1 atom stereocenters. The molecule has 1 unspecified atom stereocenters. The first kappa shape index (κ1) is 14.4. The van der Waals surface area contributed by atoms with Crippen molar-refractivity contribution in [2.45, 2.75) is 44.7 Å². The fourth-order valence-electron chi connectivity index (χ4n) is 3.49. The number of fused-ring (bicyclic) bond motifs is 1. The normalized spacial score (nSPS) is 18.4. The zero-order valence-corrected chi connectivity index (χ0v) is 14.3. The Bertz CT molecular complexity index is 600. The third kappa shape index (κ3) is 3.05. The largest absolute Gasteiger partial charge is 0.367 e. The molecule has 0 aromatic heterocycles. The molecule has 3 rings (SSSR count). The van der Waals surface area contributed by atoms with Crippen molar-refractivity contribution in [3.05, 3.63) is 65.7 Å². The van der Waals surface area contributed by atoms with E-state index >= 15 is 0 Å². The highest BCUT2D eigenvalue weighted by molar-refractivity contribution is 6.78. The molecule has 2 heteroatoms. The van der Waals surface area contributed by atoms with Gasteiger partial charge in [0.25, 0.3) is 0 Å². The van der Waals surface area contributed by atoms with E-state index in [2.05, 4.69) is 79.1 Å². The second kappa shape index (κ2) is 5.68. The van der Waals surface area contributed by atoms with Crippen LogP contribution in [-0.4, -0.2) is 13.7 Å². The highest BCUT2D eigenvalue weighted by Crippen LogP contribution is 2.35. The molecule has 1 nitrogen and oxygen atoms in total. The summed E-state index contributed by atoms with van der Waals surface area (Å²) in [6.07, 6.45) is 2.54. The lowest BCUT2D eigenvalue weighted by atomic mass is 10.0. The molecular formula is C19H25NSi. The van der Waals surface area contributed by atoms with Gasteiger partial charge in [0.05, 0.1) is 8.07 Å². The fraction of sp³-hybridized carbons (Fsp3) is 0.368. The minimum atomic E-state index is -1.22. The number of para-hydroxylation sites is 1. The smallest absolute Gasteiger partial charge is 0.0705 e. The van der Waals surface area contributed by atoms with Crippen LogP contribution < -0.4 is 4.90 Å². The van der Waals surface area contributed by atoms with Gasteiger partial charge in [0.15, 0.2) is 0 Å². The van der Waals surface area contributed by atoms with Crippen molar-refractivity contribution in [2.24, 2.45) is 0 Å². The summed E-state index contributed by atoms with van der Waals surface area (Å²) in [7, 11) is -1.22. The maximum Gasteiger partial charge on any atom is 0.0705 e. The Kier molecular flexibility index (Phi) is 3.90. The summed E-state index contributed by atoms with van der Waals surface area (Å²) < 4.78 is 0. The average molecular weight is 296 g/mol. The van der Waals surface area contributed by atoms with E-state index in [1.165, 1.54) is 29.7 Å². The lowest BCUT2D eigenvalue weighted by Gasteiger charge is -2.45. The Hall–Kier alpha value is -1.54. The molecule has 110 valence electrons. The number of nitrogens with zero attached hydrogens (tertiary/aromatic N) is 1. The molecule has 0 fully saturated rings. The quantitative estimate of drug-likeness (QED) is 0.729. The van der Waals surface area contributed by atoms with Gasteiger partial charge in [0, 0.05) is 17.9 Å². The van der Waals surface area contributed by atoms with Gasteiger partial charge in [-0.15, -0.1) is 0 Å². The summed E-state index contributed by atoms with van der Waals surface area (Å²) in [6, 6.07) is 19.9. The van der Waals surface area contributed by atoms with E-state index in [1.54, 1.807) is 0 Å². The molecule has 0 saturated heterocycles. The first-order valence-electron chi connectivity index (χ1n) is 7.94. The number of benzene rings is 2. The van der Waals surface area contributed by atoms with Crippen LogP contribution in [0, 0.1) is 0 Å². The SMILES string of the molecule is C[Si](C)(C)C1CCc2ccccc2N1Cc1ccccc1. The Morgan fingerprint density at radius 3 is 2.33 bits per heavy atom. The minimum absolute atomic E-state index is 0.729. The predicted molar refractivity (Wildman–Crippen MR) is 94.5 cm³/mol. The van der Waals surface area contributed by atoms with Gasteiger partial charge >= 0.3 is 0 Å². The minimum Gasteiger partial charge on any atom is -0.367 e. The van der Waals surface area contributed by atoms with Crippen molar-refractivity contribution in [3.8, 4) is 0 Å². The summed E-state index contributed by atoms with van der Waals surface area (Å²) in [4.78, 5) is 2.68. The molecule has 0 bridgehead atoms. The van der Waals surface area contributed by atoms with Gasteiger partial charge in [0.2, 0.25) is 0 Å². The first-order valence-corrected chi connectivity index (χ1v) is 11.5. The van der Waals surface area contributed by atoms with E-state index in [0.29, 0.717) is 0 Å². The Morgan fingerprint density at radius 2 is 1.62 bits per heavy atom. The maximum absolute atomic E-state index is 2.68. The molecule has 1 heterocycles. The van der Waals surface area contributed by atoms with Crippen LogP contribution in [0.25, 0.3) is 0 Å². The van der Waals surface area contributed by atoms with Crippen LogP contribution in [0.1, 0.15) is 17.5 Å². The van der Waals surface area contributed by atoms with Gasteiger partial charge in [-0.2, -0.15) is 0 Å². The van der Waals surface area contributed by atoms with E-state index in [-0.39, 0.29) is 0 Å². The van der Waals surface area contributed by atoms with Gasteiger partial charge < -0.3 is 4.90 Å². The Balaban J connectivity index is 1.98. The van der Waals surface area contributed by atoms with E-state index in [0.717, 1.165) is 12.2 Å².